The number of hydrogen-bond acceptors (Lipinski definition) is 7. The van der Waals surface area contributed by atoms with Gasteiger partial charge in [-0.05, 0) is 43.3 Å². The van der Waals surface area contributed by atoms with Gasteiger partial charge >= 0.3 is 5.97 Å². The van der Waals surface area contributed by atoms with Crippen LogP contribution in [0, 0.1) is 5.82 Å². The lowest BCUT2D eigenvalue weighted by Crippen LogP contribution is -2.16. The summed E-state index contributed by atoms with van der Waals surface area (Å²) in [7, 11) is 0. The third-order valence-electron chi connectivity index (χ3n) is 4.29. The van der Waals surface area contributed by atoms with E-state index in [1.54, 1.807) is 36.6 Å². The molecular weight excluding hydrogens is 419 g/mol. The first kappa shape index (κ1) is 20.5. The molecule has 6 nitrogen and oxygen atoms in total. The third kappa shape index (κ3) is 4.54. The van der Waals surface area contributed by atoms with Crippen molar-refractivity contribution < 1.29 is 23.5 Å². The van der Waals surface area contributed by atoms with Gasteiger partial charge in [0.15, 0.2) is 11.3 Å². The van der Waals surface area contributed by atoms with E-state index in [4.69, 9.17) is 9.47 Å². The van der Waals surface area contributed by atoms with Gasteiger partial charge in [0.25, 0.3) is 0 Å². The first-order valence-corrected chi connectivity index (χ1v) is 10.3. The molecular formula is C23H17FN2O4S. The summed E-state index contributed by atoms with van der Waals surface area (Å²) in [5, 5.41) is 5.36. The van der Waals surface area contributed by atoms with E-state index >= 15 is 0 Å². The lowest BCUT2D eigenvalue weighted by molar-refractivity contribution is -0.139. The minimum atomic E-state index is -0.764. The smallest absolute Gasteiger partial charge is 0.347 e. The molecule has 31 heavy (non-hydrogen) atoms. The number of allylic oxidation sites excluding steroid dienone is 1. The number of nitrogens with one attached hydrogen (secondary N) is 1. The normalized spacial score (nSPS) is 14.6. The number of halogens is 1. The molecule has 4 rings (SSSR count). The largest absolute Gasteiger partial charge is 0.462 e. The van der Waals surface area contributed by atoms with Crippen LogP contribution in [0.4, 0.5) is 10.1 Å². The maximum atomic E-state index is 13.1. The van der Waals surface area contributed by atoms with Crippen LogP contribution in [0.15, 0.2) is 77.2 Å². The molecule has 1 aromatic heterocycles. The van der Waals surface area contributed by atoms with E-state index in [1.807, 2.05) is 18.2 Å². The standard InChI is InChI=1S/C23H17FN2O4S/c1-2-29-23(28)19-20(27)18(30-21(19)25-16-6-4-3-5-7-16)12-17-13-31-22(26-17)14-8-10-15(24)11-9-14/h3-13,25H,2H2,1H3/b18-12-. The number of ketones is 1. The minimum Gasteiger partial charge on any atom is -0.462 e. The molecule has 1 N–H and O–H groups in total. The van der Waals surface area contributed by atoms with Crippen molar-refractivity contribution in [2.24, 2.45) is 0 Å². The zero-order valence-electron chi connectivity index (χ0n) is 16.4. The van der Waals surface area contributed by atoms with Crippen LogP contribution in [0.3, 0.4) is 0 Å². The molecule has 156 valence electrons. The highest BCUT2D eigenvalue weighted by molar-refractivity contribution is 7.13. The fourth-order valence-electron chi connectivity index (χ4n) is 2.87. The summed E-state index contributed by atoms with van der Waals surface area (Å²) in [5.74, 6) is -1.72. The summed E-state index contributed by atoms with van der Waals surface area (Å²) >= 11 is 1.35. The zero-order valence-corrected chi connectivity index (χ0v) is 17.2. The Morgan fingerprint density at radius 3 is 2.65 bits per heavy atom. The second kappa shape index (κ2) is 8.93. The summed E-state index contributed by atoms with van der Waals surface area (Å²) in [6.45, 7) is 1.78. The minimum absolute atomic E-state index is 0.00916. The second-order valence-corrected chi connectivity index (χ2v) is 7.30. The number of Topliss-reactive ketones (excluding diaryl/α,β-unsaturated/α-hetero) is 1. The summed E-state index contributed by atoms with van der Waals surface area (Å²) < 4.78 is 23.9. The third-order valence-corrected chi connectivity index (χ3v) is 5.20. The molecule has 0 bridgehead atoms. The predicted molar refractivity (Wildman–Crippen MR) is 115 cm³/mol. The zero-order chi connectivity index (χ0) is 21.8. The monoisotopic (exact) mass is 436 g/mol. The van der Waals surface area contributed by atoms with Crippen LogP contribution in [0.5, 0.6) is 0 Å². The number of thiazole rings is 1. The lowest BCUT2D eigenvalue weighted by atomic mass is 10.1. The van der Waals surface area contributed by atoms with Gasteiger partial charge in [-0.15, -0.1) is 11.3 Å². The molecule has 0 atom stereocenters. The second-order valence-electron chi connectivity index (χ2n) is 6.44. The van der Waals surface area contributed by atoms with Gasteiger partial charge in [-0.3, -0.25) is 4.79 Å². The Bertz CT molecular complexity index is 1180. The molecule has 0 unspecified atom stereocenters. The highest BCUT2D eigenvalue weighted by atomic mass is 32.1. The van der Waals surface area contributed by atoms with Gasteiger partial charge in [-0.2, -0.15) is 0 Å². The van der Waals surface area contributed by atoms with Gasteiger partial charge in [-0.25, -0.2) is 14.2 Å². The van der Waals surface area contributed by atoms with E-state index in [1.165, 1.54) is 29.5 Å². The van der Waals surface area contributed by atoms with Crippen LogP contribution < -0.4 is 5.32 Å². The van der Waals surface area contributed by atoms with Crippen molar-refractivity contribution in [1.82, 2.24) is 4.98 Å². The van der Waals surface area contributed by atoms with Gasteiger partial charge in [0.2, 0.25) is 11.7 Å². The lowest BCUT2D eigenvalue weighted by Gasteiger charge is -2.08. The molecule has 0 spiro atoms. The van der Waals surface area contributed by atoms with Crippen molar-refractivity contribution >= 4 is 34.9 Å². The number of para-hydroxylation sites is 1. The molecule has 0 saturated heterocycles. The van der Waals surface area contributed by atoms with Gasteiger partial charge in [0.05, 0.1) is 12.3 Å². The van der Waals surface area contributed by atoms with Crippen molar-refractivity contribution in [3.63, 3.8) is 0 Å². The van der Waals surface area contributed by atoms with Crippen LogP contribution in [0.25, 0.3) is 16.6 Å². The van der Waals surface area contributed by atoms with Gasteiger partial charge in [-0.1, -0.05) is 18.2 Å². The molecule has 8 heteroatoms. The summed E-state index contributed by atoms with van der Waals surface area (Å²) in [4.78, 5) is 29.7. The number of ether oxygens (including phenoxy) is 2. The molecule has 3 aromatic rings. The van der Waals surface area contributed by atoms with Crippen LogP contribution in [-0.2, 0) is 19.1 Å². The molecule has 0 aliphatic carbocycles. The van der Waals surface area contributed by atoms with Crippen molar-refractivity contribution in [2.75, 3.05) is 11.9 Å². The molecule has 0 radical (unpaired) electrons. The van der Waals surface area contributed by atoms with Crippen LogP contribution in [0.1, 0.15) is 12.6 Å². The van der Waals surface area contributed by atoms with E-state index in [0.717, 1.165) is 5.56 Å². The average Bonchev–Trinajstić information content (AvgIpc) is 3.34. The highest BCUT2D eigenvalue weighted by Crippen LogP contribution is 2.30. The van der Waals surface area contributed by atoms with Crippen LogP contribution >= 0.6 is 11.3 Å². The number of hydrogen-bond donors (Lipinski definition) is 1. The maximum absolute atomic E-state index is 13.1. The molecule has 1 aliphatic rings. The quantitative estimate of drug-likeness (QED) is 0.341. The van der Waals surface area contributed by atoms with Gasteiger partial charge < -0.3 is 14.8 Å². The first-order chi connectivity index (χ1) is 15.0. The van der Waals surface area contributed by atoms with E-state index in [-0.39, 0.29) is 29.6 Å². The summed E-state index contributed by atoms with van der Waals surface area (Å²) in [5.41, 5.74) is 1.69. The van der Waals surface area contributed by atoms with Crippen molar-refractivity contribution in [3.05, 3.63) is 88.7 Å². The maximum Gasteiger partial charge on any atom is 0.347 e. The Balaban J connectivity index is 1.61. The van der Waals surface area contributed by atoms with Gasteiger partial charge in [0.1, 0.15) is 10.8 Å². The topological polar surface area (TPSA) is 77.5 Å². The van der Waals surface area contributed by atoms with Crippen LogP contribution in [0.2, 0.25) is 0 Å². The summed E-state index contributed by atoms with van der Waals surface area (Å²) in [6.07, 6.45) is 1.46. The number of rotatable bonds is 6. The van der Waals surface area contributed by atoms with Crippen LogP contribution in [-0.4, -0.2) is 23.3 Å². The van der Waals surface area contributed by atoms with Gasteiger partial charge in [0, 0.05) is 22.7 Å². The van der Waals surface area contributed by atoms with E-state index < -0.39 is 11.8 Å². The molecule has 0 saturated carbocycles. The number of carbonyl (C=O) groups excluding carboxylic acids is 2. The number of esters is 1. The molecule has 2 aromatic carbocycles. The van der Waals surface area contributed by atoms with E-state index in [0.29, 0.717) is 16.4 Å². The van der Waals surface area contributed by atoms with Crippen molar-refractivity contribution in [1.29, 1.82) is 0 Å². The Labute approximate surface area is 181 Å². The number of carbonyl (C=O) groups is 2. The Kier molecular flexibility index (Phi) is 5.90. The van der Waals surface area contributed by atoms with E-state index in [2.05, 4.69) is 10.3 Å². The van der Waals surface area contributed by atoms with Crippen molar-refractivity contribution in [3.8, 4) is 10.6 Å². The fraction of sp³-hybridized carbons (Fsp3) is 0.0870. The molecule has 2 heterocycles. The summed E-state index contributed by atoms with van der Waals surface area (Å²) in [6, 6.07) is 15.0. The molecule has 0 fully saturated rings. The number of benzene rings is 2. The molecule has 1 aliphatic heterocycles. The number of anilines is 1. The van der Waals surface area contributed by atoms with E-state index in [9.17, 15) is 14.0 Å². The first-order valence-electron chi connectivity index (χ1n) is 9.44. The Morgan fingerprint density at radius 1 is 1.19 bits per heavy atom. The SMILES string of the molecule is CCOC(=O)C1=C(Nc2ccccc2)O/C(=C\c2csc(-c3ccc(F)cc3)n2)C1=O. The number of aromatic nitrogens is 1. The fourth-order valence-corrected chi connectivity index (χ4v) is 3.65. The Morgan fingerprint density at radius 2 is 1.94 bits per heavy atom. The average molecular weight is 436 g/mol. The number of nitrogens with zero attached hydrogens (tertiary/aromatic N) is 1. The van der Waals surface area contributed by atoms with Crippen molar-refractivity contribution in [2.45, 2.75) is 6.92 Å². The predicted octanol–water partition coefficient (Wildman–Crippen LogP) is 4.78. The molecule has 0 amide bonds. The Hall–Kier alpha value is -3.78. The highest BCUT2D eigenvalue weighted by Gasteiger charge is 2.37.